The van der Waals surface area contributed by atoms with Gasteiger partial charge in [-0.25, -0.2) is 18.6 Å². The first-order chi connectivity index (χ1) is 12.5. The zero-order valence-corrected chi connectivity index (χ0v) is 17.2. The third-order valence-electron chi connectivity index (χ3n) is 3.66. The summed E-state index contributed by atoms with van der Waals surface area (Å²) in [6.07, 6.45) is 1.63. The summed E-state index contributed by atoms with van der Waals surface area (Å²) in [5, 5.41) is 5.76. The molecule has 0 unspecified atom stereocenters. The standard InChI is InChI=1S/C16H11Br2F2N3O2S/c1-25-16(24)10-9(6-17)22-14(15-21-4-5-26-15)23-13(10)7-2-3-8(19)12(20)11(7)18/h2-5,13H,6H2,1H3,(H,22,23)/t13-/m0/s1. The van der Waals surface area contributed by atoms with Crippen LogP contribution in [0.25, 0.3) is 0 Å². The van der Waals surface area contributed by atoms with Crippen molar-refractivity contribution in [2.75, 3.05) is 12.4 Å². The summed E-state index contributed by atoms with van der Waals surface area (Å²) >= 11 is 7.77. The molecule has 0 radical (unpaired) electrons. The molecule has 0 spiro atoms. The lowest BCUT2D eigenvalue weighted by Gasteiger charge is -2.26. The number of allylic oxidation sites excluding steroid dienone is 1. The van der Waals surface area contributed by atoms with E-state index in [1.807, 2.05) is 0 Å². The molecular formula is C16H11Br2F2N3O2S. The van der Waals surface area contributed by atoms with Gasteiger partial charge in [0.1, 0.15) is 6.04 Å². The zero-order valence-electron chi connectivity index (χ0n) is 13.2. The molecule has 1 aliphatic rings. The monoisotopic (exact) mass is 505 g/mol. The van der Waals surface area contributed by atoms with Gasteiger partial charge in [-0.15, -0.1) is 11.3 Å². The van der Waals surface area contributed by atoms with E-state index in [0.29, 0.717) is 27.4 Å². The van der Waals surface area contributed by atoms with Crippen LogP contribution < -0.4 is 5.32 Å². The number of nitrogens with zero attached hydrogens (tertiary/aromatic N) is 2. The quantitative estimate of drug-likeness (QED) is 0.385. The number of aliphatic imine (C=N–C) groups is 1. The normalized spacial score (nSPS) is 17.0. The van der Waals surface area contributed by atoms with Gasteiger partial charge in [-0.3, -0.25) is 4.99 Å². The SMILES string of the molecule is COC(=O)C1=C(CBr)NC(c2nccs2)=N[C@H]1c1ccc(F)c(F)c1Br. The lowest BCUT2D eigenvalue weighted by molar-refractivity contribution is -0.136. The highest BCUT2D eigenvalue weighted by Gasteiger charge is 2.34. The number of hydrogen-bond acceptors (Lipinski definition) is 6. The Bertz CT molecular complexity index is 916. The Hall–Kier alpha value is -1.65. The molecule has 1 aromatic carbocycles. The van der Waals surface area contributed by atoms with Crippen molar-refractivity contribution in [1.82, 2.24) is 10.3 Å². The van der Waals surface area contributed by atoms with E-state index in [4.69, 9.17) is 4.74 Å². The number of rotatable bonds is 4. The molecule has 1 aliphatic heterocycles. The molecule has 3 rings (SSSR count). The van der Waals surface area contributed by atoms with Crippen molar-refractivity contribution >= 4 is 55.0 Å². The van der Waals surface area contributed by atoms with Crippen LogP contribution in [0.3, 0.4) is 0 Å². The van der Waals surface area contributed by atoms with E-state index in [1.54, 1.807) is 11.6 Å². The van der Waals surface area contributed by atoms with Gasteiger partial charge >= 0.3 is 5.97 Å². The van der Waals surface area contributed by atoms with Crippen LogP contribution in [-0.2, 0) is 9.53 Å². The van der Waals surface area contributed by atoms with Crippen molar-refractivity contribution in [3.63, 3.8) is 0 Å². The lowest BCUT2D eigenvalue weighted by atomic mass is 9.96. The van der Waals surface area contributed by atoms with Gasteiger partial charge in [0.15, 0.2) is 22.5 Å². The Kier molecular flexibility index (Phi) is 5.83. The number of hydrogen-bond donors (Lipinski definition) is 1. The fourth-order valence-electron chi connectivity index (χ4n) is 2.48. The van der Waals surface area contributed by atoms with Gasteiger partial charge in [0.05, 0.1) is 17.2 Å². The molecule has 1 atom stereocenters. The molecule has 0 saturated carbocycles. The Morgan fingerprint density at radius 2 is 2.19 bits per heavy atom. The Balaban J connectivity index is 2.21. The van der Waals surface area contributed by atoms with Crippen LogP contribution in [0.1, 0.15) is 16.6 Å². The fraction of sp³-hybridized carbons (Fsp3) is 0.188. The summed E-state index contributed by atoms with van der Waals surface area (Å²) in [7, 11) is 1.25. The molecule has 0 saturated heterocycles. The van der Waals surface area contributed by atoms with Crippen molar-refractivity contribution < 1.29 is 18.3 Å². The number of thiazole rings is 1. The van der Waals surface area contributed by atoms with E-state index in [9.17, 15) is 13.6 Å². The number of halogens is 4. The van der Waals surface area contributed by atoms with Crippen molar-refractivity contribution in [3.05, 3.63) is 61.7 Å². The van der Waals surface area contributed by atoms with Crippen molar-refractivity contribution in [2.24, 2.45) is 4.99 Å². The van der Waals surface area contributed by atoms with Crippen molar-refractivity contribution in [3.8, 4) is 0 Å². The summed E-state index contributed by atoms with van der Waals surface area (Å²) in [6.45, 7) is 0. The van der Waals surface area contributed by atoms with Crippen LogP contribution in [-0.4, -0.2) is 29.2 Å². The lowest BCUT2D eigenvalue weighted by Crippen LogP contribution is -2.34. The minimum Gasteiger partial charge on any atom is -0.466 e. The smallest absolute Gasteiger partial charge is 0.338 e. The van der Waals surface area contributed by atoms with Gasteiger partial charge in [0.2, 0.25) is 0 Å². The molecule has 10 heteroatoms. The van der Waals surface area contributed by atoms with Crippen LogP contribution in [0.4, 0.5) is 8.78 Å². The van der Waals surface area contributed by atoms with E-state index >= 15 is 0 Å². The zero-order chi connectivity index (χ0) is 18.8. The van der Waals surface area contributed by atoms with E-state index in [-0.39, 0.29) is 10.0 Å². The molecule has 1 aromatic heterocycles. The number of esters is 1. The summed E-state index contributed by atoms with van der Waals surface area (Å²) in [5.74, 6) is -2.22. The summed E-state index contributed by atoms with van der Waals surface area (Å²) in [5.41, 5.74) is 1.02. The first kappa shape index (κ1) is 19.1. The number of alkyl halides is 1. The van der Waals surface area contributed by atoms with Crippen molar-refractivity contribution in [2.45, 2.75) is 6.04 Å². The number of amidine groups is 1. The minimum absolute atomic E-state index is 0.0954. The number of benzene rings is 1. The first-order valence-corrected chi connectivity index (χ1v) is 10.0. The summed E-state index contributed by atoms with van der Waals surface area (Å²) in [4.78, 5) is 21.1. The molecule has 136 valence electrons. The van der Waals surface area contributed by atoms with E-state index < -0.39 is 23.6 Å². The number of methoxy groups -OCH3 is 1. The van der Waals surface area contributed by atoms with Crippen LogP contribution in [0.2, 0.25) is 0 Å². The third kappa shape index (κ3) is 3.45. The van der Waals surface area contributed by atoms with Gasteiger partial charge in [0.25, 0.3) is 0 Å². The number of nitrogens with one attached hydrogen (secondary N) is 1. The molecule has 0 bridgehead atoms. The molecule has 0 aliphatic carbocycles. The molecule has 5 nitrogen and oxygen atoms in total. The second-order valence-electron chi connectivity index (χ2n) is 5.12. The van der Waals surface area contributed by atoms with E-state index in [0.717, 1.165) is 6.07 Å². The second-order valence-corrected chi connectivity index (χ2v) is 7.37. The Morgan fingerprint density at radius 3 is 2.81 bits per heavy atom. The van der Waals surface area contributed by atoms with Gasteiger partial charge in [-0.05, 0) is 27.6 Å². The molecular weight excluding hydrogens is 496 g/mol. The van der Waals surface area contributed by atoms with Crippen LogP contribution in [0.15, 0.2) is 44.4 Å². The minimum atomic E-state index is -1.04. The first-order valence-electron chi connectivity index (χ1n) is 7.23. The van der Waals surface area contributed by atoms with Gasteiger partial charge < -0.3 is 10.1 Å². The predicted molar refractivity (Wildman–Crippen MR) is 101 cm³/mol. The number of carbonyl (C=O) groups excluding carboxylic acids is 1. The second kappa shape index (κ2) is 7.93. The summed E-state index contributed by atoms with van der Waals surface area (Å²) in [6, 6.07) is 1.49. The Morgan fingerprint density at radius 1 is 1.42 bits per heavy atom. The average molecular weight is 507 g/mol. The number of ether oxygens (including phenoxy) is 1. The van der Waals surface area contributed by atoms with Crippen LogP contribution in [0.5, 0.6) is 0 Å². The maximum Gasteiger partial charge on any atom is 0.338 e. The van der Waals surface area contributed by atoms with Gasteiger partial charge in [-0.2, -0.15) is 0 Å². The molecule has 2 heterocycles. The maximum absolute atomic E-state index is 14.1. The Labute approximate surface area is 168 Å². The molecule has 26 heavy (non-hydrogen) atoms. The maximum atomic E-state index is 14.1. The van der Waals surface area contributed by atoms with Gasteiger partial charge in [-0.1, -0.05) is 22.0 Å². The average Bonchev–Trinajstić information content (AvgIpc) is 3.19. The van der Waals surface area contributed by atoms with Crippen molar-refractivity contribution in [1.29, 1.82) is 0 Å². The fourth-order valence-corrected chi connectivity index (χ4v) is 4.05. The highest BCUT2D eigenvalue weighted by Crippen LogP contribution is 2.38. The van der Waals surface area contributed by atoms with E-state index in [2.05, 4.69) is 47.2 Å². The highest BCUT2D eigenvalue weighted by atomic mass is 79.9. The largest absolute Gasteiger partial charge is 0.466 e. The predicted octanol–water partition coefficient (Wildman–Crippen LogP) is 4.10. The van der Waals surface area contributed by atoms with E-state index in [1.165, 1.54) is 24.5 Å². The van der Waals surface area contributed by atoms with Crippen LogP contribution >= 0.6 is 43.2 Å². The van der Waals surface area contributed by atoms with Crippen LogP contribution in [0, 0.1) is 11.6 Å². The number of carbonyl (C=O) groups is 1. The topological polar surface area (TPSA) is 63.6 Å². The summed E-state index contributed by atoms with van der Waals surface area (Å²) < 4.78 is 32.4. The third-order valence-corrected chi connectivity index (χ3v) is 5.81. The highest BCUT2D eigenvalue weighted by molar-refractivity contribution is 9.10. The van der Waals surface area contributed by atoms with Gasteiger partial charge in [0, 0.05) is 22.6 Å². The molecule has 0 fully saturated rings. The molecule has 1 N–H and O–H groups in total. The number of aromatic nitrogens is 1. The molecule has 2 aromatic rings. The molecule has 0 amide bonds.